The van der Waals surface area contributed by atoms with E-state index >= 15 is 0 Å². The molecule has 1 amide bonds. The predicted molar refractivity (Wildman–Crippen MR) is 114 cm³/mol. The molecule has 140 valence electrons. The van der Waals surface area contributed by atoms with E-state index in [0.717, 1.165) is 26.7 Å². The van der Waals surface area contributed by atoms with E-state index in [1.165, 1.54) is 11.3 Å². The second-order valence-electron chi connectivity index (χ2n) is 6.44. The molecular weight excluding hydrogens is 382 g/mol. The Labute approximate surface area is 170 Å². The molecule has 29 heavy (non-hydrogen) atoms. The molecule has 0 radical (unpaired) electrons. The highest BCUT2D eigenvalue weighted by molar-refractivity contribution is 7.19. The van der Waals surface area contributed by atoms with Gasteiger partial charge in [0.25, 0.3) is 5.91 Å². The predicted octanol–water partition coefficient (Wildman–Crippen LogP) is 4.77. The number of carbonyl (C=O) groups excluding carboxylic acids is 1. The molecule has 2 heterocycles. The van der Waals surface area contributed by atoms with Crippen LogP contribution >= 0.6 is 11.3 Å². The smallest absolute Gasteiger partial charge is 0.255 e. The van der Waals surface area contributed by atoms with Gasteiger partial charge in [0.05, 0.1) is 0 Å². The third-order valence-corrected chi connectivity index (χ3v) is 5.47. The topological polar surface area (TPSA) is 72.2 Å². The second-order valence-corrected chi connectivity index (χ2v) is 7.40. The van der Waals surface area contributed by atoms with Crippen molar-refractivity contribution in [1.82, 2.24) is 19.8 Å². The van der Waals surface area contributed by atoms with Crippen molar-refractivity contribution in [2.24, 2.45) is 0 Å². The zero-order valence-electron chi connectivity index (χ0n) is 15.2. The van der Waals surface area contributed by atoms with Crippen LogP contribution in [0.15, 0.2) is 85.2 Å². The fourth-order valence-electron chi connectivity index (χ4n) is 3.05. The van der Waals surface area contributed by atoms with Gasteiger partial charge in [-0.3, -0.25) is 4.79 Å². The Morgan fingerprint density at radius 1 is 0.862 bits per heavy atom. The third-order valence-electron chi connectivity index (χ3n) is 4.51. The van der Waals surface area contributed by atoms with E-state index in [1.54, 1.807) is 10.8 Å². The van der Waals surface area contributed by atoms with Crippen LogP contribution in [0.5, 0.6) is 0 Å². The first-order chi connectivity index (χ1) is 14.3. The number of amides is 1. The van der Waals surface area contributed by atoms with E-state index in [2.05, 4.69) is 20.6 Å². The monoisotopic (exact) mass is 397 g/mol. The number of hydrogen-bond donors (Lipinski definition) is 1. The number of aromatic nitrogens is 4. The minimum atomic E-state index is -0.153. The molecule has 2 aromatic heterocycles. The van der Waals surface area contributed by atoms with Gasteiger partial charge in [0.15, 0.2) is 0 Å². The van der Waals surface area contributed by atoms with E-state index in [-0.39, 0.29) is 5.91 Å². The molecule has 0 spiro atoms. The van der Waals surface area contributed by atoms with Gasteiger partial charge >= 0.3 is 0 Å². The summed E-state index contributed by atoms with van der Waals surface area (Å²) in [7, 11) is 0. The maximum absolute atomic E-state index is 12.7. The van der Waals surface area contributed by atoms with Crippen LogP contribution in [-0.2, 0) is 0 Å². The quantitative estimate of drug-likeness (QED) is 0.474. The van der Waals surface area contributed by atoms with Crippen molar-refractivity contribution in [2.75, 3.05) is 5.32 Å². The largest absolute Gasteiger partial charge is 0.322 e. The SMILES string of the molecule is O=C(Nc1cccc(-c2nn3cnnc3s2)c1)c1ccc(-c2ccccc2)cc1. The van der Waals surface area contributed by atoms with Gasteiger partial charge in [0, 0.05) is 16.8 Å². The van der Waals surface area contributed by atoms with Crippen molar-refractivity contribution in [3.05, 3.63) is 90.8 Å². The maximum Gasteiger partial charge on any atom is 0.255 e. The Kier molecular flexibility index (Phi) is 4.34. The average molecular weight is 397 g/mol. The summed E-state index contributed by atoms with van der Waals surface area (Å²) >= 11 is 1.45. The Balaban J connectivity index is 1.35. The van der Waals surface area contributed by atoms with Gasteiger partial charge in [0.2, 0.25) is 4.96 Å². The molecule has 3 aromatic carbocycles. The van der Waals surface area contributed by atoms with Gasteiger partial charge in [-0.15, -0.1) is 10.2 Å². The van der Waals surface area contributed by atoms with E-state index in [0.29, 0.717) is 11.3 Å². The Bertz CT molecular complexity index is 1260. The highest BCUT2D eigenvalue weighted by Gasteiger charge is 2.10. The van der Waals surface area contributed by atoms with Crippen molar-refractivity contribution >= 4 is 27.9 Å². The molecule has 6 nitrogen and oxygen atoms in total. The standard InChI is InChI=1S/C22H15N5OS/c28-20(17-11-9-16(10-12-17)15-5-2-1-3-6-15)24-19-8-4-7-18(13-19)21-26-27-14-23-25-22(27)29-21/h1-14H,(H,24,28). The average Bonchev–Trinajstić information content (AvgIpc) is 3.37. The van der Waals surface area contributed by atoms with Gasteiger partial charge in [-0.25, -0.2) is 0 Å². The highest BCUT2D eigenvalue weighted by Crippen LogP contribution is 2.27. The van der Waals surface area contributed by atoms with Crippen molar-refractivity contribution in [1.29, 1.82) is 0 Å². The first-order valence-electron chi connectivity index (χ1n) is 9.00. The first kappa shape index (κ1) is 17.3. The number of hydrogen-bond acceptors (Lipinski definition) is 5. The molecular formula is C22H15N5OS. The summed E-state index contributed by atoms with van der Waals surface area (Å²) in [5.74, 6) is -0.153. The minimum Gasteiger partial charge on any atom is -0.322 e. The molecule has 0 saturated heterocycles. The number of carbonyl (C=O) groups is 1. The second kappa shape index (κ2) is 7.29. The summed E-state index contributed by atoms with van der Waals surface area (Å²) in [5, 5.41) is 16.1. The summed E-state index contributed by atoms with van der Waals surface area (Å²) in [6, 6.07) is 25.3. The lowest BCUT2D eigenvalue weighted by atomic mass is 10.0. The van der Waals surface area contributed by atoms with E-state index < -0.39 is 0 Å². The molecule has 0 bridgehead atoms. The number of benzene rings is 3. The molecule has 0 atom stereocenters. The summed E-state index contributed by atoms with van der Waals surface area (Å²) in [6.45, 7) is 0. The van der Waals surface area contributed by atoms with Gasteiger partial charge in [-0.2, -0.15) is 9.61 Å². The van der Waals surface area contributed by atoms with E-state index in [9.17, 15) is 4.79 Å². The molecule has 5 aromatic rings. The Hall–Kier alpha value is -3.84. The highest BCUT2D eigenvalue weighted by atomic mass is 32.1. The van der Waals surface area contributed by atoms with E-state index in [1.807, 2.05) is 78.9 Å². The summed E-state index contributed by atoms with van der Waals surface area (Å²) in [6.07, 6.45) is 1.57. The molecule has 0 saturated carbocycles. The maximum atomic E-state index is 12.7. The van der Waals surface area contributed by atoms with Crippen LogP contribution < -0.4 is 5.32 Å². The van der Waals surface area contributed by atoms with Crippen LogP contribution in [-0.4, -0.2) is 25.7 Å². The van der Waals surface area contributed by atoms with Crippen molar-refractivity contribution in [3.8, 4) is 21.7 Å². The van der Waals surface area contributed by atoms with Crippen molar-refractivity contribution in [3.63, 3.8) is 0 Å². The van der Waals surface area contributed by atoms with Crippen LogP contribution in [0.2, 0.25) is 0 Å². The number of nitrogens with zero attached hydrogens (tertiary/aromatic N) is 4. The lowest BCUT2D eigenvalue weighted by molar-refractivity contribution is 0.102. The van der Waals surface area contributed by atoms with Crippen molar-refractivity contribution in [2.45, 2.75) is 0 Å². The van der Waals surface area contributed by atoms with Gasteiger partial charge in [0.1, 0.15) is 11.3 Å². The van der Waals surface area contributed by atoms with E-state index in [4.69, 9.17) is 0 Å². The van der Waals surface area contributed by atoms with Crippen LogP contribution in [0.25, 0.3) is 26.7 Å². The molecule has 0 aliphatic rings. The molecule has 7 heteroatoms. The van der Waals surface area contributed by atoms with Crippen LogP contribution in [0.3, 0.4) is 0 Å². The summed E-state index contributed by atoms with van der Waals surface area (Å²) < 4.78 is 1.64. The third kappa shape index (κ3) is 3.51. The van der Waals surface area contributed by atoms with Gasteiger partial charge in [-0.1, -0.05) is 65.9 Å². The molecule has 5 rings (SSSR count). The number of fused-ring (bicyclic) bond motifs is 1. The van der Waals surface area contributed by atoms with Crippen LogP contribution in [0, 0.1) is 0 Å². The minimum absolute atomic E-state index is 0.153. The number of nitrogens with one attached hydrogen (secondary N) is 1. The Morgan fingerprint density at radius 2 is 1.62 bits per heavy atom. The van der Waals surface area contributed by atoms with Crippen LogP contribution in [0.1, 0.15) is 10.4 Å². The Morgan fingerprint density at radius 3 is 2.41 bits per heavy atom. The molecule has 0 aliphatic heterocycles. The van der Waals surface area contributed by atoms with Crippen molar-refractivity contribution < 1.29 is 4.79 Å². The van der Waals surface area contributed by atoms with Crippen LogP contribution in [0.4, 0.5) is 5.69 Å². The first-order valence-corrected chi connectivity index (χ1v) is 9.82. The molecule has 0 aliphatic carbocycles. The zero-order chi connectivity index (χ0) is 19.6. The summed E-state index contributed by atoms with van der Waals surface area (Å²) in [5.41, 5.74) is 4.43. The summed E-state index contributed by atoms with van der Waals surface area (Å²) in [4.78, 5) is 13.4. The van der Waals surface area contributed by atoms with Gasteiger partial charge in [-0.05, 0) is 35.4 Å². The number of rotatable bonds is 4. The zero-order valence-corrected chi connectivity index (χ0v) is 16.0. The number of anilines is 1. The molecule has 1 N–H and O–H groups in total. The van der Waals surface area contributed by atoms with Gasteiger partial charge < -0.3 is 5.32 Å². The molecule has 0 fully saturated rings. The molecule has 0 unspecified atom stereocenters. The lowest BCUT2D eigenvalue weighted by Gasteiger charge is -2.08. The fourth-order valence-corrected chi connectivity index (χ4v) is 3.87. The fraction of sp³-hybridized carbons (Fsp3) is 0. The normalized spacial score (nSPS) is 10.9. The lowest BCUT2D eigenvalue weighted by Crippen LogP contribution is -2.11.